The Hall–Kier alpha value is -1.42. The summed E-state index contributed by atoms with van der Waals surface area (Å²) in [6.45, 7) is 3.93. The van der Waals surface area contributed by atoms with Gasteiger partial charge in [0, 0.05) is 37.4 Å². The topological polar surface area (TPSA) is 45.2 Å². The second-order valence-electron chi connectivity index (χ2n) is 5.15. The Balaban J connectivity index is 1.73. The second kappa shape index (κ2) is 4.11. The highest BCUT2D eigenvalue weighted by atomic mass is 16.2. The van der Waals surface area contributed by atoms with Crippen LogP contribution in [0.4, 0.5) is 0 Å². The predicted octanol–water partition coefficient (Wildman–Crippen LogP) is 0.907. The first kappa shape index (κ1) is 10.7. The smallest absolute Gasteiger partial charge is 0.255 e. The van der Waals surface area contributed by atoms with Crippen molar-refractivity contribution in [1.29, 1.82) is 0 Å². The van der Waals surface area contributed by atoms with E-state index in [0.717, 1.165) is 32.6 Å². The molecule has 0 aliphatic carbocycles. The number of hydrogen-bond donors (Lipinski definition) is 1. The number of likely N-dealkylation sites (tertiary alicyclic amines) is 1. The molecule has 1 atom stereocenters. The Labute approximate surface area is 101 Å². The number of rotatable bonds is 1. The summed E-state index contributed by atoms with van der Waals surface area (Å²) in [4.78, 5) is 18.2. The third kappa shape index (κ3) is 1.93. The average Bonchev–Trinajstić information content (AvgIpc) is 3.01. The summed E-state index contributed by atoms with van der Waals surface area (Å²) in [5.41, 5.74) is 1.05. The van der Waals surface area contributed by atoms with E-state index >= 15 is 0 Å². The minimum absolute atomic E-state index is 0.127. The molecule has 0 aromatic carbocycles. The zero-order valence-corrected chi connectivity index (χ0v) is 9.85. The molecule has 1 aromatic rings. The number of hydrogen-bond acceptors (Lipinski definition) is 3. The Morgan fingerprint density at radius 1 is 1.47 bits per heavy atom. The van der Waals surface area contributed by atoms with Crippen LogP contribution in [0.3, 0.4) is 0 Å². The van der Waals surface area contributed by atoms with Crippen LogP contribution in [0.15, 0.2) is 24.5 Å². The summed E-state index contributed by atoms with van der Waals surface area (Å²) in [5.74, 6) is 0.127. The quantitative estimate of drug-likeness (QED) is 0.781. The highest BCUT2D eigenvalue weighted by molar-refractivity contribution is 5.94. The van der Waals surface area contributed by atoms with Gasteiger partial charge >= 0.3 is 0 Å². The molecule has 1 unspecified atom stereocenters. The lowest BCUT2D eigenvalue weighted by atomic mass is 9.86. The standard InChI is InChI=1S/C13H17N3O/c17-12(11-2-1-5-14-8-11)16-7-4-13(10-16)3-6-15-9-13/h1-2,5,8,15H,3-4,6-7,9-10H2. The molecule has 17 heavy (non-hydrogen) atoms. The molecule has 1 amide bonds. The number of carbonyl (C=O) groups excluding carboxylic acids is 1. The normalized spacial score (nSPS) is 27.9. The van der Waals surface area contributed by atoms with Crippen LogP contribution in [0.25, 0.3) is 0 Å². The highest BCUT2D eigenvalue weighted by Crippen LogP contribution is 2.36. The minimum atomic E-state index is 0.127. The summed E-state index contributed by atoms with van der Waals surface area (Å²) in [7, 11) is 0. The number of amides is 1. The summed E-state index contributed by atoms with van der Waals surface area (Å²) < 4.78 is 0. The fourth-order valence-electron chi connectivity index (χ4n) is 2.92. The van der Waals surface area contributed by atoms with E-state index in [2.05, 4.69) is 10.3 Å². The van der Waals surface area contributed by atoms with Gasteiger partial charge in [-0.15, -0.1) is 0 Å². The summed E-state index contributed by atoms with van der Waals surface area (Å²) in [5, 5.41) is 3.40. The maximum atomic E-state index is 12.3. The SMILES string of the molecule is O=C(c1cccnc1)N1CCC2(CCNC2)C1. The van der Waals surface area contributed by atoms with Crippen molar-refractivity contribution in [2.24, 2.45) is 5.41 Å². The third-order valence-corrected chi connectivity index (χ3v) is 3.97. The number of pyridine rings is 1. The molecule has 1 N–H and O–H groups in total. The molecule has 0 bridgehead atoms. The zero-order valence-electron chi connectivity index (χ0n) is 9.85. The first-order chi connectivity index (χ1) is 8.29. The third-order valence-electron chi connectivity index (χ3n) is 3.97. The molecule has 3 heterocycles. The Morgan fingerprint density at radius 2 is 2.41 bits per heavy atom. The fourth-order valence-corrected chi connectivity index (χ4v) is 2.92. The van der Waals surface area contributed by atoms with E-state index in [1.165, 1.54) is 6.42 Å². The van der Waals surface area contributed by atoms with Crippen molar-refractivity contribution >= 4 is 5.91 Å². The Kier molecular flexibility index (Phi) is 2.59. The van der Waals surface area contributed by atoms with E-state index in [0.29, 0.717) is 11.0 Å². The van der Waals surface area contributed by atoms with Gasteiger partial charge in [-0.25, -0.2) is 0 Å². The van der Waals surface area contributed by atoms with Crippen LogP contribution in [0.1, 0.15) is 23.2 Å². The van der Waals surface area contributed by atoms with Crippen LogP contribution in [-0.4, -0.2) is 42.0 Å². The summed E-state index contributed by atoms with van der Waals surface area (Å²) in [6, 6.07) is 3.66. The van der Waals surface area contributed by atoms with Gasteiger partial charge in [-0.3, -0.25) is 9.78 Å². The lowest BCUT2D eigenvalue weighted by molar-refractivity contribution is 0.0775. The van der Waals surface area contributed by atoms with Crippen LogP contribution in [0.2, 0.25) is 0 Å². The van der Waals surface area contributed by atoms with Crippen LogP contribution in [-0.2, 0) is 0 Å². The van der Waals surface area contributed by atoms with Crippen molar-refractivity contribution in [3.8, 4) is 0 Å². The number of nitrogens with zero attached hydrogens (tertiary/aromatic N) is 2. The zero-order chi connectivity index (χ0) is 11.7. The van der Waals surface area contributed by atoms with E-state index in [4.69, 9.17) is 0 Å². The van der Waals surface area contributed by atoms with Gasteiger partial charge in [0.1, 0.15) is 0 Å². The molecule has 3 rings (SSSR count). The van der Waals surface area contributed by atoms with Crippen molar-refractivity contribution < 1.29 is 4.79 Å². The average molecular weight is 231 g/mol. The molecular weight excluding hydrogens is 214 g/mol. The highest BCUT2D eigenvalue weighted by Gasteiger charge is 2.41. The molecule has 1 spiro atoms. The minimum Gasteiger partial charge on any atom is -0.338 e. The van der Waals surface area contributed by atoms with Crippen molar-refractivity contribution in [1.82, 2.24) is 15.2 Å². The van der Waals surface area contributed by atoms with Gasteiger partial charge in [0.05, 0.1) is 5.56 Å². The molecule has 4 heteroatoms. The monoisotopic (exact) mass is 231 g/mol. The van der Waals surface area contributed by atoms with Crippen LogP contribution in [0.5, 0.6) is 0 Å². The van der Waals surface area contributed by atoms with E-state index in [-0.39, 0.29) is 5.91 Å². The van der Waals surface area contributed by atoms with Crippen LogP contribution in [0, 0.1) is 5.41 Å². The molecule has 2 aliphatic rings. The fraction of sp³-hybridized carbons (Fsp3) is 0.538. The van der Waals surface area contributed by atoms with Gasteiger partial charge in [-0.05, 0) is 31.5 Å². The van der Waals surface area contributed by atoms with E-state index in [1.807, 2.05) is 17.0 Å². The molecule has 1 aromatic heterocycles. The molecule has 4 nitrogen and oxygen atoms in total. The maximum absolute atomic E-state index is 12.3. The number of aromatic nitrogens is 1. The number of nitrogens with one attached hydrogen (secondary N) is 1. The molecule has 90 valence electrons. The van der Waals surface area contributed by atoms with E-state index in [1.54, 1.807) is 12.4 Å². The predicted molar refractivity (Wildman–Crippen MR) is 64.7 cm³/mol. The maximum Gasteiger partial charge on any atom is 0.255 e. The molecule has 2 saturated heterocycles. The first-order valence-corrected chi connectivity index (χ1v) is 6.19. The van der Waals surface area contributed by atoms with Gasteiger partial charge in [-0.2, -0.15) is 0 Å². The van der Waals surface area contributed by atoms with Crippen LogP contribution >= 0.6 is 0 Å². The molecule has 2 aliphatic heterocycles. The Morgan fingerprint density at radius 3 is 3.12 bits per heavy atom. The van der Waals surface area contributed by atoms with Crippen molar-refractivity contribution in [3.05, 3.63) is 30.1 Å². The molecular formula is C13H17N3O. The van der Waals surface area contributed by atoms with Gasteiger partial charge in [0.25, 0.3) is 5.91 Å². The molecule has 2 fully saturated rings. The van der Waals surface area contributed by atoms with Gasteiger partial charge in [0.2, 0.25) is 0 Å². The summed E-state index contributed by atoms with van der Waals surface area (Å²) in [6.07, 6.45) is 5.68. The van der Waals surface area contributed by atoms with E-state index in [9.17, 15) is 4.79 Å². The van der Waals surface area contributed by atoms with Crippen molar-refractivity contribution in [2.75, 3.05) is 26.2 Å². The van der Waals surface area contributed by atoms with Gasteiger partial charge in [0.15, 0.2) is 0 Å². The second-order valence-corrected chi connectivity index (χ2v) is 5.15. The van der Waals surface area contributed by atoms with Crippen LogP contribution < -0.4 is 5.32 Å². The largest absolute Gasteiger partial charge is 0.338 e. The van der Waals surface area contributed by atoms with Crippen molar-refractivity contribution in [2.45, 2.75) is 12.8 Å². The number of carbonyl (C=O) groups is 1. The molecule has 0 saturated carbocycles. The molecule has 0 radical (unpaired) electrons. The lowest BCUT2D eigenvalue weighted by Gasteiger charge is -2.22. The lowest BCUT2D eigenvalue weighted by Crippen LogP contribution is -2.33. The summed E-state index contributed by atoms with van der Waals surface area (Å²) >= 11 is 0. The van der Waals surface area contributed by atoms with Gasteiger partial charge < -0.3 is 10.2 Å². The van der Waals surface area contributed by atoms with Crippen molar-refractivity contribution in [3.63, 3.8) is 0 Å². The van der Waals surface area contributed by atoms with Gasteiger partial charge in [-0.1, -0.05) is 0 Å². The first-order valence-electron chi connectivity index (χ1n) is 6.19. The van der Waals surface area contributed by atoms with E-state index < -0.39 is 0 Å². The Bertz CT molecular complexity index is 412.